The number of hydrogen-bond donors (Lipinski definition) is 1. The standard InChI is InChI=1S/C14H14N2O2/c1-16-12-8-9(3-7-13(17)18)2-6-11(12)15-14(16)10-4-5-10/h2-3,6-8,10H,4-5H2,1H3,(H,17,18)/b7-3+. The molecule has 4 nitrogen and oxygen atoms in total. The van der Waals surface area contributed by atoms with E-state index in [0.717, 1.165) is 28.5 Å². The molecule has 1 aromatic carbocycles. The highest BCUT2D eigenvalue weighted by Crippen LogP contribution is 2.40. The third-order valence-corrected chi connectivity index (χ3v) is 3.30. The molecule has 1 fully saturated rings. The molecule has 1 saturated carbocycles. The molecule has 1 N–H and O–H groups in total. The number of fused-ring (bicyclic) bond motifs is 1. The van der Waals surface area contributed by atoms with Gasteiger partial charge >= 0.3 is 5.97 Å². The number of benzene rings is 1. The fourth-order valence-corrected chi connectivity index (χ4v) is 2.20. The van der Waals surface area contributed by atoms with Crippen LogP contribution in [0.2, 0.25) is 0 Å². The highest BCUT2D eigenvalue weighted by molar-refractivity contribution is 5.87. The first-order chi connectivity index (χ1) is 8.65. The van der Waals surface area contributed by atoms with E-state index in [9.17, 15) is 4.79 Å². The molecule has 2 aromatic rings. The summed E-state index contributed by atoms with van der Waals surface area (Å²) in [6.45, 7) is 0. The number of carbonyl (C=O) groups is 1. The van der Waals surface area contributed by atoms with Crippen LogP contribution >= 0.6 is 0 Å². The Bertz CT molecular complexity index is 651. The van der Waals surface area contributed by atoms with E-state index in [1.165, 1.54) is 12.8 Å². The van der Waals surface area contributed by atoms with Gasteiger partial charge in [-0.25, -0.2) is 9.78 Å². The van der Waals surface area contributed by atoms with Crippen LogP contribution in [0.15, 0.2) is 24.3 Å². The number of aromatic nitrogens is 2. The molecule has 1 aliphatic rings. The summed E-state index contributed by atoms with van der Waals surface area (Å²) in [5.74, 6) is 0.823. The zero-order valence-electron chi connectivity index (χ0n) is 10.1. The Morgan fingerprint density at radius 3 is 2.94 bits per heavy atom. The first-order valence-electron chi connectivity index (χ1n) is 6.02. The van der Waals surface area contributed by atoms with Crippen molar-refractivity contribution in [3.8, 4) is 0 Å². The van der Waals surface area contributed by atoms with Crippen LogP contribution in [0.5, 0.6) is 0 Å². The second-order valence-electron chi connectivity index (χ2n) is 4.72. The molecule has 0 saturated heterocycles. The van der Waals surface area contributed by atoms with E-state index in [0.29, 0.717) is 5.92 Å². The van der Waals surface area contributed by atoms with Crippen LogP contribution in [0, 0.1) is 0 Å². The summed E-state index contributed by atoms with van der Waals surface area (Å²) in [7, 11) is 2.02. The average molecular weight is 242 g/mol. The zero-order valence-corrected chi connectivity index (χ0v) is 10.1. The molecule has 3 rings (SSSR count). The number of aliphatic carboxylic acids is 1. The number of rotatable bonds is 3. The van der Waals surface area contributed by atoms with E-state index >= 15 is 0 Å². The fraction of sp³-hybridized carbons (Fsp3) is 0.286. The first kappa shape index (κ1) is 11.0. The van der Waals surface area contributed by atoms with Crippen molar-refractivity contribution in [2.45, 2.75) is 18.8 Å². The van der Waals surface area contributed by atoms with Crippen molar-refractivity contribution in [3.05, 3.63) is 35.7 Å². The predicted octanol–water partition coefficient (Wildman–Crippen LogP) is 2.55. The minimum Gasteiger partial charge on any atom is -0.478 e. The molecule has 0 atom stereocenters. The normalized spacial score (nSPS) is 15.6. The fourth-order valence-electron chi connectivity index (χ4n) is 2.20. The minimum atomic E-state index is -0.932. The van der Waals surface area contributed by atoms with Crippen molar-refractivity contribution < 1.29 is 9.90 Å². The van der Waals surface area contributed by atoms with E-state index < -0.39 is 5.97 Å². The Hall–Kier alpha value is -2.10. The van der Waals surface area contributed by atoms with Gasteiger partial charge in [-0.3, -0.25) is 0 Å². The summed E-state index contributed by atoms with van der Waals surface area (Å²) in [6, 6.07) is 5.82. The highest BCUT2D eigenvalue weighted by atomic mass is 16.4. The molecule has 4 heteroatoms. The maximum Gasteiger partial charge on any atom is 0.328 e. The van der Waals surface area contributed by atoms with Gasteiger partial charge in [0.1, 0.15) is 5.82 Å². The first-order valence-corrected chi connectivity index (χ1v) is 6.02. The Morgan fingerprint density at radius 1 is 1.50 bits per heavy atom. The van der Waals surface area contributed by atoms with Crippen LogP contribution in [-0.2, 0) is 11.8 Å². The van der Waals surface area contributed by atoms with Crippen molar-refractivity contribution in [1.29, 1.82) is 0 Å². The Kier molecular flexibility index (Phi) is 2.44. The van der Waals surface area contributed by atoms with E-state index in [4.69, 9.17) is 5.11 Å². The third kappa shape index (κ3) is 1.90. The van der Waals surface area contributed by atoms with Gasteiger partial charge in [-0.1, -0.05) is 6.07 Å². The van der Waals surface area contributed by atoms with Crippen LogP contribution < -0.4 is 0 Å². The largest absolute Gasteiger partial charge is 0.478 e. The van der Waals surface area contributed by atoms with Crippen LogP contribution in [-0.4, -0.2) is 20.6 Å². The van der Waals surface area contributed by atoms with Gasteiger partial charge in [0.05, 0.1) is 11.0 Å². The number of hydrogen-bond acceptors (Lipinski definition) is 2. The van der Waals surface area contributed by atoms with E-state index in [-0.39, 0.29) is 0 Å². The molecule has 18 heavy (non-hydrogen) atoms. The average Bonchev–Trinajstić information content (AvgIpc) is 3.13. The van der Waals surface area contributed by atoms with Crippen LogP contribution in [0.4, 0.5) is 0 Å². The lowest BCUT2D eigenvalue weighted by Crippen LogP contribution is -1.94. The van der Waals surface area contributed by atoms with Crippen molar-refractivity contribution in [2.75, 3.05) is 0 Å². The maximum atomic E-state index is 10.5. The summed E-state index contributed by atoms with van der Waals surface area (Å²) in [4.78, 5) is 15.1. The Morgan fingerprint density at radius 2 is 2.28 bits per heavy atom. The van der Waals surface area contributed by atoms with Gasteiger partial charge in [-0.15, -0.1) is 0 Å². The molecule has 0 bridgehead atoms. The summed E-state index contributed by atoms with van der Waals surface area (Å²) < 4.78 is 2.12. The van der Waals surface area contributed by atoms with Gasteiger partial charge < -0.3 is 9.67 Å². The molecule has 0 spiro atoms. The molecular weight excluding hydrogens is 228 g/mol. The lowest BCUT2D eigenvalue weighted by molar-refractivity contribution is -0.131. The SMILES string of the molecule is Cn1c(C2CC2)nc2ccc(/C=C/C(=O)O)cc21. The van der Waals surface area contributed by atoms with Gasteiger partial charge in [0, 0.05) is 19.0 Å². The molecule has 0 unspecified atom stereocenters. The molecule has 0 aliphatic heterocycles. The smallest absolute Gasteiger partial charge is 0.328 e. The summed E-state index contributed by atoms with van der Waals surface area (Å²) in [6.07, 6.45) is 5.21. The number of nitrogens with zero attached hydrogens (tertiary/aromatic N) is 2. The molecule has 0 amide bonds. The molecule has 1 heterocycles. The predicted molar refractivity (Wildman–Crippen MR) is 69.4 cm³/mol. The minimum absolute atomic E-state index is 0.611. The van der Waals surface area contributed by atoms with Crippen LogP contribution in [0.25, 0.3) is 17.1 Å². The number of aryl methyl sites for hydroxylation is 1. The second-order valence-corrected chi connectivity index (χ2v) is 4.72. The molecule has 1 aromatic heterocycles. The van der Waals surface area contributed by atoms with Crippen LogP contribution in [0.1, 0.15) is 30.1 Å². The maximum absolute atomic E-state index is 10.5. The van der Waals surface area contributed by atoms with E-state index in [1.54, 1.807) is 6.08 Å². The van der Waals surface area contributed by atoms with Gasteiger partial charge in [0.25, 0.3) is 0 Å². The van der Waals surface area contributed by atoms with E-state index in [2.05, 4.69) is 9.55 Å². The zero-order chi connectivity index (χ0) is 12.7. The van der Waals surface area contributed by atoms with Gasteiger partial charge in [0.15, 0.2) is 0 Å². The summed E-state index contributed by atoms with van der Waals surface area (Å²) in [5, 5.41) is 8.62. The molecular formula is C14H14N2O2. The summed E-state index contributed by atoms with van der Waals surface area (Å²) in [5.41, 5.74) is 2.92. The number of carboxylic acid groups (broad SMARTS) is 1. The van der Waals surface area contributed by atoms with Crippen molar-refractivity contribution in [1.82, 2.24) is 9.55 Å². The number of carboxylic acids is 1. The molecule has 92 valence electrons. The van der Waals surface area contributed by atoms with Gasteiger partial charge in [0.2, 0.25) is 0 Å². The summed E-state index contributed by atoms with van der Waals surface area (Å²) >= 11 is 0. The van der Waals surface area contributed by atoms with Crippen molar-refractivity contribution in [3.63, 3.8) is 0 Å². The van der Waals surface area contributed by atoms with E-state index in [1.807, 2.05) is 25.2 Å². The lowest BCUT2D eigenvalue weighted by Gasteiger charge is -2.00. The molecule has 0 radical (unpaired) electrons. The second kappa shape index (κ2) is 3.98. The third-order valence-electron chi connectivity index (χ3n) is 3.30. The lowest BCUT2D eigenvalue weighted by atomic mass is 10.2. The van der Waals surface area contributed by atoms with Gasteiger partial charge in [-0.05, 0) is 36.6 Å². The number of imidazole rings is 1. The van der Waals surface area contributed by atoms with Gasteiger partial charge in [-0.2, -0.15) is 0 Å². The van der Waals surface area contributed by atoms with Crippen LogP contribution in [0.3, 0.4) is 0 Å². The quantitative estimate of drug-likeness (QED) is 0.841. The van der Waals surface area contributed by atoms with Crippen molar-refractivity contribution >= 4 is 23.1 Å². The molecule has 1 aliphatic carbocycles. The topological polar surface area (TPSA) is 55.1 Å². The van der Waals surface area contributed by atoms with Crippen molar-refractivity contribution in [2.24, 2.45) is 7.05 Å². The Balaban J connectivity index is 2.05. The highest BCUT2D eigenvalue weighted by Gasteiger charge is 2.28. The Labute approximate surface area is 105 Å². The monoisotopic (exact) mass is 242 g/mol.